The predicted octanol–water partition coefficient (Wildman–Crippen LogP) is 3.96. The molecule has 4 rings (SSSR count). The van der Waals surface area contributed by atoms with Crippen LogP contribution in [0.5, 0.6) is 5.75 Å². The Hall–Kier alpha value is -2.28. The number of ether oxygens (including phenoxy) is 1. The van der Waals surface area contributed by atoms with Crippen LogP contribution in [0, 0.1) is 5.92 Å². The third-order valence-electron chi connectivity index (χ3n) is 5.39. The topological polar surface area (TPSA) is 72.9 Å². The number of nitrogens with two attached hydrogens (primary N) is 1. The second-order valence-corrected chi connectivity index (χ2v) is 7.53. The summed E-state index contributed by atoms with van der Waals surface area (Å²) in [5, 5.41) is 0. The van der Waals surface area contributed by atoms with E-state index < -0.39 is 0 Å². The highest BCUT2D eigenvalue weighted by Gasteiger charge is 2.29. The number of carbonyl (C=O) groups is 1. The van der Waals surface area contributed by atoms with Gasteiger partial charge in [-0.3, -0.25) is 4.79 Å². The highest BCUT2D eigenvalue weighted by molar-refractivity contribution is 5.95. The molecule has 2 unspecified atom stereocenters. The molecule has 0 aliphatic carbocycles. The van der Waals surface area contributed by atoms with Crippen molar-refractivity contribution in [3.05, 3.63) is 66.1 Å². The highest BCUT2D eigenvalue weighted by Crippen LogP contribution is 2.25. The standard InChI is InChI=1S/C22H26N4O2.2ClH/c1-16-8-10-26(19(11-16)13-23)22(27)17-5-4-6-20(12-17)28-15-18-14-25-9-3-2-7-21(25)24-18;;/h2-7,9,12,14,16,19H,8,10-11,13,15,23H2,1H3;2*1H. The lowest BCUT2D eigenvalue weighted by Crippen LogP contribution is -2.49. The van der Waals surface area contributed by atoms with Crippen molar-refractivity contribution in [3.63, 3.8) is 0 Å². The minimum Gasteiger partial charge on any atom is -0.487 e. The average Bonchev–Trinajstić information content (AvgIpc) is 3.15. The Balaban J connectivity index is 0.00000160. The molecule has 0 saturated carbocycles. The number of likely N-dealkylation sites (tertiary alicyclic amines) is 1. The largest absolute Gasteiger partial charge is 0.487 e. The zero-order valence-electron chi connectivity index (χ0n) is 16.9. The molecule has 3 heterocycles. The number of carbonyl (C=O) groups excluding carboxylic acids is 1. The minimum atomic E-state index is 0. The molecule has 6 nitrogen and oxygen atoms in total. The monoisotopic (exact) mass is 450 g/mol. The summed E-state index contributed by atoms with van der Waals surface area (Å²) in [6.45, 7) is 3.83. The van der Waals surface area contributed by atoms with Crippen LogP contribution in [0.4, 0.5) is 0 Å². The number of hydrogen-bond acceptors (Lipinski definition) is 4. The molecule has 2 atom stereocenters. The molecule has 30 heavy (non-hydrogen) atoms. The number of nitrogens with zero attached hydrogens (tertiary/aromatic N) is 3. The fourth-order valence-corrected chi connectivity index (χ4v) is 3.84. The molecule has 1 aromatic carbocycles. The van der Waals surface area contributed by atoms with E-state index in [0.29, 0.717) is 30.4 Å². The van der Waals surface area contributed by atoms with Crippen molar-refractivity contribution in [2.75, 3.05) is 13.1 Å². The number of halogens is 2. The Labute approximate surface area is 189 Å². The van der Waals surface area contributed by atoms with Gasteiger partial charge in [-0.25, -0.2) is 4.98 Å². The number of rotatable bonds is 5. The number of benzene rings is 1. The fraction of sp³-hybridized carbons (Fsp3) is 0.364. The maximum Gasteiger partial charge on any atom is 0.254 e. The van der Waals surface area contributed by atoms with Crippen LogP contribution in [0.1, 0.15) is 35.8 Å². The maximum absolute atomic E-state index is 13.0. The van der Waals surface area contributed by atoms with Gasteiger partial charge in [-0.2, -0.15) is 0 Å². The lowest BCUT2D eigenvalue weighted by atomic mass is 9.92. The lowest BCUT2D eigenvalue weighted by Gasteiger charge is -2.38. The SMILES string of the molecule is CC1CCN(C(=O)c2cccc(OCc3cn4ccccc4n3)c2)C(CN)C1.Cl.Cl. The molecule has 1 saturated heterocycles. The van der Waals surface area contributed by atoms with Crippen molar-refractivity contribution in [3.8, 4) is 5.75 Å². The molecular weight excluding hydrogens is 423 g/mol. The first-order valence-corrected chi connectivity index (χ1v) is 9.80. The van der Waals surface area contributed by atoms with Crippen LogP contribution in [0.3, 0.4) is 0 Å². The Morgan fingerprint density at radius 3 is 2.83 bits per heavy atom. The van der Waals surface area contributed by atoms with Gasteiger partial charge in [-0.05, 0) is 49.1 Å². The Kier molecular flexibility index (Phi) is 8.53. The number of imidazole rings is 1. The molecule has 1 amide bonds. The number of piperidine rings is 1. The normalized spacial score (nSPS) is 18.4. The Morgan fingerprint density at radius 1 is 1.23 bits per heavy atom. The second kappa shape index (κ2) is 10.7. The van der Waals surface area contributed by atoms with Crippen molar-refractivity contribution in [2.45, 2.75) is 32.4 Å². The highest BCUT2D eigenvalue weighted by atomic mass is 35.5. The van der Waals surface area contributed by atoms with E-state index in [-0.39, 0.29) is 36.8 Å². The van der Waals surface area contributed by atoms with E-state index in [9.17, 15) is 4.79 Å². The van der Waals surface area contributed by atoms with Gasteiger partial charge in [0.05, 0.1) is 5.69 Å². The quantitative estimate of drug-likeness (QED) is 0.638. The number of fused-ring (bicyclic) bond motifs is 1. The number of aromatic nitrogens is 2. The number of hydrogen-bond donors (Lipinski definition) is 1. The van der Waals surface area contributed by atoms with Crippen molar-refractivity contribution in [1.82, 2.24) is 14.3 Å². The van der Waals surface area contributed by atoms with Crippen molar-refractivity contribution >= 4 is 36.4 Å². The van der Waals surface area contributed by atoms with E-state index in [1.54, 1.807) is 0 Å². The maximum atomic E-state index is 13.0. The molecule has 1 aliphatic rings. The molecule has 1 aliphatic heterocycles. The average molecular weight is 451 g/mol. The van der Waals surface area contributed by atoms with Gasteiger partial charge in [0.15, 0.2) is 0 Å². The van der Waals surface area contributed by atoms with E-state index in [4.69, 9.17) is 10.5 Å². The smallest absolute Gasteiger partial charge is 0.254 e. The van der Waals surface area contributed by atoms with Crippen molar-refractivity contribution < 1.29 is 9.53 Å². The van der Waals surface area contributed by atoms with Gasteiger partial charge >= 0.3 is 0 Å². The van der Waals surface area contributed by atoms with Gasteiger partial charge in [0.2, 0.25) is 0 Å². The zero-order valence-corrected chi connectivity index (χ0v) is 18.6. The Morgan fingerprint density at radius 2 is 2.07 bits per heavy atom. The first kappa shape index (κ1) is 24.0. The first-order chi connectivity index (χ1) is 13.6. The molecule has 2 aromatic heterocycles. The third kappa shape index (κ3) is 5.25. The first-order valence-electron chi connectivity index (χ1n) is 9.80. The van der Waals surface area contributed by atoms with Crippen molar-refractivity contribution in [1.29, 1.82) is 0 Å². The summed E-state index contributed by atoms with van der Waals surface area (Å²) in [6, 6.07) is 13.4. The summed E-state index contributed by atoms with van der Waals surface area (Å²) in [6.07, 6.45) is 5.89. The lowest BCUT2D eigenvalue weighted by molar-refractivity contribution is 0.0573. The summed E-state index contributed by atoms with van der Waals surface area (Å²) < 4.78 is 7.86. The number of amides is 1. The summed E-state index contributed by atoms with van der Waals surface area (Å²) in [5.74, 6) is 1.30. The van der Waals surface area contributed by atoms with E-state index in [1.807, 2.05) is 64.2 Å². The molecular formula is C22H28Cl2N4O2. The van der Waals surface area contributed by atoms with Crippen LogP contribution in [0.15, 0.2) is 54.9 Å². The zero-order chi connectivity index (χ0) is 19.5. The van der Waals surface area contributed by atoms with Crippen LogP contribution in [-0.2, 0) is 6.61 Å². The van der Waals surface area contributed by atoms with E-state index >= 15 is 0 Å². The molecule has 0 radical (unpaired) electrons. The van der Waals surface area contributed by atoms with Crippen LogP contribution >= 0.6 is 24.8 Å². The summed E-state index contributed by atoms with van der Waals surface area (Å²) >= 11 is 0. The van der Waals surface area contributed by atoms with E-state index in [1.165, 1.54) is 0 Å². The van der Waals surface area contributed by atoms with Gasteiger partial charge < -0.3 is 19.8 Å². The van der Waals surface area contributed by atoms with Crippen LogP contribution < -0.4 is 10.5 Å². The third-order valence-corrected chi connectivity index (χ3v) is 5.39. The molecule has 3 aromatic rings. The van der Waals surface area contributed by atoms with E-state index in [2.05, 4.69) is 11.9 Å². The second-order valence-electron chi connectivity index (χ2n) is 7.53. The molecule has 0 spiro atoms. The van der Waals surface area contributed by atoms with Gasteiger partial charge in [0, 0.05) is 37.1 Å². The Bertz CT molecular complexity index is 945. The van der Waals surface area contributed by atoms with Gasteiger partial charge in [-0.1, -0.05) is 19.1 Å². The van der Waals surface area contributed by atoms with Crippen LogP contribution in [-0.4, -0.2) is 39.3 Å². The summed E-state index contributed by atoms with van der Waals surface area (Å²) in [4.78, 5) is 19.5. The van der Waals surface area contributed by atoms with Crippen LogP contribution in [0.25, 0.3) is 5.65 Å². The molecule has 0 bridgehead atoms. The van der Waals surface area contributed by atoms with Gasteiger partial charge in [-0.15, -0.1) is 24.8 Å². The summed E-state index contributed by atoms with van der Waals surface area (Å²) in [7, 11) is 0. The number of pyridine rings is 1. The van der Waals surface area contributed by atoms with E-state index in [0.717, 1.165) is 30.7 Å². The minimum absolute atomic E-state index is 0. The molecule has 1 fully saturated rings. The molecule has 162 valence electrons. The van der Waals surface area contributed by atoms with Crippen LogP contribution in [0.2, 0.25) is 0 Å². The summed E-state index contributed by atoms with van der Waals surface area (Å²) in [5.41, 5.74) is 8.29. The molecule has 8 heteroatoms. The fourth-order valence-electron chi connectivity index (χ4n) is 3.84. The van der Waals surface area contributed by atoms with Crippen molar-refractivity contribution in [2.24, 2.45) is 11.7 Å². The van der Waals surface area contributed by atoms with Gasteiger partial charge in [0.1, 0.15) is 18.0 Å². The predicted molar refractivity (Wildman–Crippen MR) is 123 cm³/mol. The molecule has 2 N–H and O–H groups in total. The van der Waals surface area contributed by atoms with Gasteiger partial charge in [0.25, 0.3) is 5.91 Å².